The highest BCUT2D eigenvalue weighted by atomic mass is 32.1. The van der Waals surface area contributed by atoms with Crippen molar-refractivity contribution in [3.63, 3.8) is 0 Å². The van der Waals surface area contributed by atoms with E-state index in [1.54, 1.807) is 23.5 Å². The van der Waals surface area contributed by atoms with Gasteiger partial charge < -0.3 is 19.5 Å². The first-order chi connectivity index (χ1) is 12.0. The smallest absolute Gasteiger partial charge is 0.251 e. The van der Waals surface area contributed by atoms with Gasteiger partial charge in [-0.1, -0.05) is 13.8 Å². The molecule has 0 aliphatic heterocycles. The second kappa shape index (κ2) is 8.71. The summed E-state index contributed by atoms with van der Waals surface area (Å²) in [6.45, 7) is 4.75. The Kier molecular flexibility index (Phi) is 6.64. The molecule has 0 fully saturated rings. The summed E-state index contributed by atoms with van der Waals surface area (Å²) in [7, 11) is 4.57. The highest BCUT2D eigenvalue weighted by molar-refractivity contribution is 7.09. The van der Waals surface area contributed by atoms with E-state index >= 15 is 0 Å². The number of amides is 1. The molecule has 0 saturated heterocycles. The standard InChI is InChI=1S/C18H24N2O4S/c1-11(2)13-10-25-16(20-13)6-7-19-18(21)12-8-14(22-3)17(24-5)15(9-12)23-4/h8-11H,6-7H2,1-5H3,(H,19,21). The molecule has 0 aliphatic carbocycles. The molecule has 0 atom stereocenters. The molecule has 1 N–H and O–H groups in total. The molecule has 25 heavy (non-hydrogen) atoms. The quantitative estimate of drug-likeness (QED) is 0.778. The zero-order valence-electron chi connectivity index (χ0n) is 15.2. The molecule has 0 spiro atoms. The van der Waals surface area contributed by atoms with E-state index in [0.717, 1.165) is 10.7 Å². The van der Waals surface area contributed by atoms with E-state index in [4.69, 9.17) is 14.2 Å². The summed E-state index contributed by atoms with van der Waals surface area (Å²) >= 11 is 1.62. The lowest BCUT2D eigenvalue weighted by Gasteiger charge is -2.14. The van der Waals surface area contributed by atoms with Crippen LogP contribution >= 0.6 is 11.3 Å². The molecule has 7 heteroatoms. The van der Waals surface area contributed by atoms with Gasteiger partial charge in [0.15, 0.2) is 11.5 Å². The molecule has 0 aliphatic rings. The summed E-state index contributed by atoms with van der Waals surface area (Å²) in [5.74, 6) is 1.59. The Bertz CT molecular complexity index is 703. The number of carbonyl (C=O) groups excluding carboxylic acids is 1. The number of aromatic nitrogens is 1. The van der Waals surface area contributed by atoms with E-state index in [9.17, 15) is 4.79 Å². The molecule has 2 rings (SSSR count). The fourth-order valence-electron chi connectivity index (χ4n) is 2.30. The van der Waals surface area contributed by atoms with Gasteiger partial charge in [0.1, 0.15) is 0 Å². The number of hydrogen-bond acceptors (Lipinski definition) is 6. The van der Waals surface area contributed by atoms with Crippen LogP contribution in [0.25, 0.3) is 0 Å². The van der Waals surface area contributed by atoms with E-state index in [0.29, 0.717) is 41.7 Å². The molecule has 0 saturated carbocycles. The summed E-state index contributed by atoms with van der Waals surface area (Å²) in [5, 5.41) is 5.99. The van der Waals surface area contributed by atoms with Gasteiger partial charge in [0.2, 0.25) is 5.75 Å². The maximum atomic E-state index is 12.4. The number of carbonyl (C=O) groups is 1. The van der Waals surface area contributed by atoms with E-state index in [-0.39, 0.29) is 5.91 Å². The minimum atomic E-state index is -0.195. The van der Waals surface area contributed by atoms with Gasteiger partial charge in [0.05, 0.1) is 32.0 Å². The van der Waals surface area contributed by atoms with Crippen molar-refractivity contribution < 1.29 is 19.0 Å². The van der Waals surface area contributed by atoms with Crippen LogP contribution in [0.2, 0.25) is 0 Å². The van der Waals surface area contributed by atoms with Crippen molar-refractivity contribution in [1.29, 1.82) is 0 Å². The summed E-state index contributed by atoms with van der Waals surface area (Å²) in [6, 6.07) is 3.27. The minimum Gasteiger partial charge on any atom is -0.493 e. The predicted octanol–water partition coefficient (Wildman–Crippen LogP) is 3.26. The van der Waals surface area contributed by atoms with Gasteiger partial charge in [0.25, 0.3) is 5.91 Å². The Morgan fingerprint density at radius 1 is 1.16 bits per heavy atom. The average molecular weight is 364 g/mol. The Morgan fingerprint density at radius 2 is 1.80 bits per heavy atom. The Morgan fingerprint density at radius 3 is 2.28 bits per heavy atom. The fraction of sp³-hybridized carbons (Fsp3) is 0.444. The molecule has 1 aromatic heterocycles. The number of nitrogens with one attached hydrogen (secondary N) is 1. The van der Waals surface area contributed by atoms with Gasteiger partial charge in [-0.05, 0) is 18.1 Å². The topological polar surface area (TPSA) is 69.7 Å². The van der Waals surface area contributed by atoms with Crippen molar-refractivity contribution in [2.24, 2.45) is 0 Å². The van der Waals surface area contributed by atoms with Crippen LogP contribution in [0.5, 0.6) is 17.2 Å². The third-order valence-electron chi connectivity index (χ3n) is 3.71. The molecular weight excluding hydrogens is 340 g/mol. The van der Waals surface area contributed by atoms with Crippen LogP contribution in [0.1, 0.15) is 40.8 Å². The van der Waals surface area contributed by atoms with Crippen LogP contribution in [0.15, 0.2) is 17.5 Å². The van der Waals surface area contributed by atoms with Crippen molar-refractivity contribution in [2.45, 2.75) is 26.2 Å². The fourth-order valence-corrected chi connectivity index (χ4v) is 3.26. The van der Waals surface area contributed by atoms with Crippen molar-refractivity contribution in [1.82, 2.24) is 10.3 Å². The van der Waals surface area contributed by atoms with Crippen LogP contribution in [0.3, 0.4) is 0 Å². The number of nitrogens with zero attached hydrogens (tertiary/aromatic N) is 1. The monoisotopic (exact) mass is 364 g/mol. The molecule has 0 unspecified atom stereocenters. The van der Waals surface area contributed by atoms with Crippen molar-refractivity contribution in [3.8, 4) is 17.2 Å². The molecule has 0 radical (unpaired) electrons. The summed E-state index contributed by atoms with van der Waals surface area (Å²) < 4.78 is 15.8. The Balaban J connectivity index is 2.02. The maximum absolute atomic E-state index is 12.4. The van der Waals surface area contributed by atoms with Gasteiger partial charge in [0, 0.05) is 23.9 Å². The first-order valence-electron chi connectivity index (χ1n) is 8.02. The lowest BCUT2D eigenvalue weighted by Crippen LogP contribution is -2.25. The summed E-state index contributed by atoms with van der Waals surface area (Å²) in [5.41, 5.74) is 1.55. The number of methoxy groups -OCH3 is 3. The number of thiazole rings is 1. The zero-order chi connectivity index (χ0) is 18.4. The van der Waals surface area contributed by atoms with Gasteiger partial charge in [-0.25, -0.2) is 4.98 Å². The molecule has 1 aromatic carbocycles. The maximum Gasteiger partial charge on any atom is 0.251 e. The predicted molar refractivity (Wildman–Crippen MR) is 98.3 cm³/mol. The Labute approximate surface area is 152 Å². The lowest BCUT2D eigenvalue weighted by atomic mass is 10.1. The third kappa shape index (κ3) is 4.63. The molecule has 136 valence electrons. The second-order valence-corrected chi connectivity index (χ2v) is 6.68. The molecule has 1 amide bonds. The van der Waals surface area contributed by atoms with Gasteiger partial charge >= 0.3 is 0 Å². The normalized spacial score (nSPS) is 10.6. The number of ether oxygens (including phenoxy) is 3. The first kappa shape index (κ1) is 19.1. The summed E-state index contributed by atoms with van der Waals surface area (Å²) in [4.78, 5) is 17.0. The largest absolute Gasteiger partial charge is 0.493 e. The van der Waals surface area contributed by atoms with Crippen molar-refractivity contribution >= 4 is 17.2 Å². The van der Waals surface area contributed by atoms with Crippen LogP contribution in [-0.2, 0) is 6.42 Å². The van der Waals surface area contributed by atoms with E-state index in [2.05, 4.69) is 29.5 Å². The molecule has 0 bridgehead atoms. The molecule has 1 heterocycles. The van der Waals surface area contributed by atoms with Gasteiger partial charge in [-0.3, -0.25) is 4.79 Å². The van der Waals surface area contributed by atoms with Crippen molar-refractivity contribution in [2.75, 3.05) is 27.9 Å². The van der Waals surface area contributed by atoms with E-state index < -0.39 is 0 Å². The lowest BCUT2D eigenvalue weighted by molar-refractivity contribution is 0.0953. The van der Waals surface area contributed by atoms with Crippen LogP contribution < -0.4 is 19.5 Å². The van der Waals surface area contributed by atoms with E-state index in [1.807, 2.05) is 0 Å². The summed E-state index contributed by atoms with van der Waals surface area (Å²) in [6.07, 6.45) is 0.702. The first-order valence-corrected chi connectivity index (χ1v) is 8.90. The highest BCUT2D eigenvalue weighted by Crippen LogP contribution is 2.38. The molecule has 6 nitrogen and oxygen atoms in total. The van der Waals surface area contributed by atoms with E-state index in [1.165, 1.54) is 21.3 Å². The SMILES string of the molecule is COc1cc(C(=O)NCCc2nc(C(C)C)cs2)cc(OC)c1OC. The Hall–Kier alpha value is -2.28. The molecular formula is C18H24N2O4S. The number of benzene rings is 1. The zero-order valence-corrected chi connectivity index (χ0v) is 16.0. The average Bonchev–Trinajstić information content (AvgIpc) is 3.09. The van der Waals surface area contributed by atoms with Crippen LogP contribution in [-0.4, -0.2) is 38.8 Å². The number of hydrogen-bond donors (Lipinski definition) is 1. The van der Waals surface area contributed by atoms with Crippen LogP contribution in [0.4, 0.5) is 0 Å². The molecule has 2 aromatic rings. The second-order valence-electron chi connectivity index (χ2n) is 5.74. The third-order valence-corrected chi connectivity index (χ3v) is 4.64. The van der Waals surface area contributed by atoms with Crippen molar-refractivity contribution in [3.05, 3.63) is 33.8 Å². The van der Waals surface area contributed by atoms with Gasteiger partial charge in [-0.2, -0.15) is 0 Å². The minimum absolute atomic E-state index is 0.195. The van der Waals surface area contributed by atoms with Gasteiger partial charge in [-0.15, -0.1) is 11.3 Å². The number of rotatable bonds is 8. The van der Waals surface area contributed by atoms with Crippen LogP contribution in [0, 0.1) is 0 Å². The highest BCUT2D eigenvalue weighted by Gasteiger charge is 2.17.